The minimum absolute atomic E-state index is 1.10. The van der Waals surface area contributed by atoms with E-state index in [1.165, 1.54) is 75.5 Å². The largest absolute Gasteiger partial charge is 0.309 e. The van der Waals surface area contributed by atoms with Crippen LogP contribution in [0.2, 0.25) is 0 Å². The molecule has 0 unspecified atom stereocenters. The fourth-order valence-corrected chi connectivity index (χ4v) is 8.95. The van der Waals surface area contributed by atoms with Crippen LogP contribution in [0.15, 0.2) is 212 Å². The predicted molar refractivity (Wildman–Crippen MR) is 233 cm³/mol. The molecule has 0 spiro atoms. The summed E-state index contributed by atoms with van der Waals surface area (Å²) in [6.45, 7) is 0. The molecule has 54 heavy (non-hydrogen) atoms. The zero-order valence-electron chi connectivity index (χ0n) is 29.6. The van der Waals surface area contributed by atoms with Gasteiger partial charge in [0.15, 0.2) is 0 Å². The van der Waals surface area contributed by atoms with Gasteiger partial charge >= 0.3 is 0 Å². The van der Waals surface area contributed by atoms with Crippen LogP contribution in [-0.2, 0) is 0 Å². The maximum Gasteiger partial charge on any atom is 0.0540 e. The number of hydrogen-bond acceptors (Lipinski definition) is 2. The Morgan fingerprint density at radius 2 is 0.815 bits per heavy atom. The van der Waals surface area contributed by atoms with Gasteiger partial charge in [-0.1, -0.05) is 158 Å². The van der Waals surface area contributed by atoms with Gasteiger partial charge in [-0.3, -0.25) is 0 Å². The molecule has 0 aliphatic rings. The Kier molecular flexibility index (Phi) is 8.09. The summed E-state index contributed by atoms with van der Waals surface area (Å²) >= 11 is 1.86. The maximum absolute atomic E-state index is 2.44. The van der Waals surface area contributed by atoms with Crippen molar-refractivity contribution in [1.29, 1.82) is 0 Å². The lowest BCUT2D eigenvalue weighted by atomic mass is 9.93. The van der Waals surface area contributed by atoms with Crippen LogP contribution >= 0.6 is 11.3 Å². The molecule has 0 amide bonds. The normalized spacial score (nSPS) is 11.3. The number of para-hydroxylation sites is 1. The Balaban J connectivity index is 1.13. The number of benzene rings is 9. The number of fused-ring (bicyclic) bond motifs is 4. The third-order valence-corrected chi connectivity index (χ3v) is 11.6. The fourth-order valence-electron chi connectivity index (χ4n) is 7.81. The standard InChI is InChI=1S/C52H35NS/c1-3-14-36(15-4-1)41-32-42(37-16-5-2-6-17-37)34-43(33-41)38-26-29-44(30-27-38)53(50-24-13-19-39-18-7-8-20-45(39)50)49-23-11-9-21-46(49)40-28-31-48-47-22-10-12-25-51(47)54-52(48)35-40/h1-35H. The Labute approximate surface area is 319 Å². The third kappa shape index (κ3) is 5.84. The van der Waals surface area contributed by atoms with Gasteiger partial charge in [0, 0.05) is 36.8 Å². The molecule has 1 nitrogen and oxygen atoms in total. The average Bonchev–Trinajstić information content (AvgIpc) is 3.63. The Morgan fingerprint density at radius 3 is 1.54 bits per heavy atom. The van der Waals surface area contributed by atoms with Gasteiger partial charge in [-0.2, -0.15) is 0 Å². The molecule has 0 aliphatic heterocycles. The van der Waals surface area contributed by atoms with Crippen LogP contribution in [0.3, 0.4) is 0 Å². The van der Waals surface area contributed by atoms with Gasteiger partial charge in [0.25, 0.3) is 0 Å². The van der Waals surface area contributed by atoms with Crippen LogP contribution in [0.5, 0.6) is 0 Å². The van der Waals surface area contributed by atoms with Crippen molar-refractivity contribution in [2.45, 2.75) is 0 Å². The van der Waals surface area contributed by atoms with E-state index in [1.54, 1.807) is 0 Å². The van der Waals surface area contributed by atoms with Crippen molar-refractivity contribution in [2.24, 2.45) is 0 Å². The molecule has 1 aromatic heterocycles. The molecular formula is C52H35NS. The molecule has 0 saturated heterocycles. The molecule has 0 N–H and O–H groups in total. The molecule has 0 saturated carbocycles. The van der Waals surface area contributed by atoms with Crippen LogP contribution in [0.1, 0.15) is 0 Å². The van der Waals surface area contributed by atoms with Gasteiger partial charge in [-0.25, -0.2) is 0 Å². The first-order valence-corrected chi connectivity index (χ1v) is 19.2. The average molecular weight is 706 g/mol. The first kappa shape index (κ1) is 32.0. The topological polar surface area (TPSA) is 3.24 Å². The molecule has 9 aromatic carbocycles. The lowest BCUT2D eigenvalue weighted by molar-refractivity contribution is 1.30. The molecule has 0 bridgehead atoms. The summed E-state index contributed by atoms with van der Waals surface area (Å²) in [5.41, 5.74) is 13.0. The highest BCUT2D eigenvalue weighted by molar-refractivity contribution is 7.25. The highest BCUT2D eigenvalue weighted by Gasteiger charge is 2.20. The second kappa shape index (κ2) is 13.7. The van der Waals surface area contributed by atoms with E-state index in [0.717, 1.165) is 17.1 Å². The number of anilines is 3. The summed E-state index contributed by atoms with van der Waals surface area (Å²) in [6, 6.07) is 77.2. The molecule has 0 fully saturated rings. The Bertz CT molecular complexity index is 2860. The molecule has 254 valence electrons. The van der Waals surface area contributed by atoms with E-state index in [1.807, 2.05) is 11.3 Å². The summed E-state index contributed by atoms with van der Waals surface area (Å²) in [5.74, 6) is 0. The van der Waals surface area contributed by atoms with Gasteiger partial charge in [-0.15, -0.1) is 11.3 Å². The predicted octanol–water partition coefficient (Wildman–Crippen LogP) is 15.3. The smallest absolute Gasteiger partial charge is 0.0540 e. The minimum atomic E-state index is 1.10. The quantitative estimate of drug-likeness (QED) is 0.160. The fraction of sp³-hybridized carbons (Fsp3) is 0. The molecule has 0 aliphatic carbocycles. The maximum atomic E-state index is 2.44. The first-order valence-electron chi connectivity index (χ1n) is 18.4. The van der Waals surface area contributed by atoms with Crippen molar-refractivity contribution in [2.75, 3.05) is 4.90 Å². The second-order valence-corrected chi connectivity index (χ2v) is 14.8. The highest BCUT2D eigenvalue weighted by Crippen LogP contribution is 2.45. The van der Waals surface area contributed by atoms with Gasteiger partial charge in [0.1, 0.15) is 0 Å². The van der Waals surface area contributed by atoms with Crippen molar-refractivity contribution >= 4 is 59.3 Å². The van der Waals surface area contributed by atoms with Crippen LogP contribution in [0, 0.1) is 0 Å². The summed E-state index contributed by atoms with van der Waals surface area (Å²) in [7, 11) is 0. The molecule has 2 heteroatoms. The molecule has 10 rings (SSSR count). The van der Waals surface area contributed by atoms with E-state index in [4.69, 9.17) is 0 Å². The van der Waals surface area contributed by atoms with Crippen LogP contribution in [0.25, 0.3) is 75.5 Å². The van der Waals surface area contributed by atoms with E-state index in [9.17, 15) is 0 Å². The van der Waals surface area contributed by atoms with Crippen LogP contribution < -0.4 is 4.90 Å². The summed E-state index contributed by atoms with van der Waals surface area (Å²) in [6.07, 6.45) is 0. The molecule has 10 aromatic rings. The van der Waals surface area contributed by atoms with Crippen molar-refractivity contribution in [3.63, 3.8) is 0 Å². The SMILES string of the molecule is c1ccc(-c2cc(-c3ccccc3)cc(-c3ccc(N(c4ccccc4-c4ccc5c(c4)sc4ccccc45)c4cccc5ccccc45)cc3)c2)cc1. The van der Waals surface area contributed by atoms with E-state index >= 15 is 0 Å². The van der Waals surface area contributed by atoms with Gasteiger partial charge < -0.3 is 4.90 Å². The monoisotopic (exact) mass is 705 g/mol. The minimum Gasteiger partial charge on any atom is -0.309 e. The van der Waals surface area contributed by atoms with Crippen molar-refractivity contribution in [1.82, 2.24) is 0 Å². The zero-order chi connectivity index (χ0) is 35.8. The van der Waals surface area contributed by atoms with Crippen LogP contribution in [-0.4, -0.2) is 0 Å². The number of nitrogens with zero attached hydrogens (tertiary/aromatic N) is 1. The van der Waals surface area contributed by atoms with E-state index in [-0.39, 0.29) is 0 Å². The van der Waals surface area contributed by atoms with E-state index < -0.39 is 0 Å². The number of thiophene rings is 1. The second-order valence-electron chi connectivity index (χ2n) is 13.7. The summed E-state index contributed by atoms with van der Waals surface area (Å²) in [5, 5.41) is 5.05. The van der Waals surface area contributed by atoms with E-state index in [0.29, 0.717) is 0 Å². The molecule has 0 atom stereocenters. The summed E-state index contributed by atoms with van der Waals surface area (Å²) < 4.78 is 2.62. The van der Waals surface area contributed by atoms with Gasteiger partial charge in [0.2, 0.25) is 0 Å². The molecule has 1 heterocycles. The van der Waals surface area contributed by atoms with Crippen molar-refractivity contribution in [3.8, 4) is 44.5 Å². The summed E-state index contributed by atoms with van der Waals surface area (Å²) in [4.78, 5) is 2.44. The van der Waals surface area contributed by atoms with Crippen LogP contribution in [0.4, 0.5) is 17.1 Å². The van der Waals surface area contributed by atoms with Crippen molar-refractivity contribution in [3.05, 3.63) is 212 Å². The number of rotatable bonds is 7. The molecular weight excluding hydrogens is 671 g/mol. The van der Waals surface area contributed by atoms with Gasteiger partial charge in [0.05, 0.1) is 11.4 Å². The Morgan fingerprint density at radius 1 is 0.296 bits per heavy atom. The van der Waals surface area contributed by atoms with Gasteiger partial charge in [-0.05, 0) is 98.9 Å². The first-order chi connectivity index (χ1) is 26.8. The lowest BCUT2D eigenvalue weighted by Crippen LogP contribution is -2.11. The van der Waals surface area contributed by atoms with Crippen molar-refractivity contribution < 1.29 is 0 Å². The number of hydrogen-bond donors (Lipinski definition) is 0. The lowest BCUT2D eigenvalue weighted by Gasteiger charge is -2.29. The van der Waals surface area contributed by atoms with E-state index in [2.05, 4.69) is 217 Å². The third-order valence-electron chi connectivity index (χ3n) is 10.4. The molecule has 0 radical (unpaired) electrons. The zero-order valence-corrected chi connectivity index (χ0v) is 30.4. The highest BCUT2D eigenvalue weighted by atomic mass is 32.1. The Hall–Kier alpha value is -6.74.